The van der Waals surface area contributed by atoms with Crippen molar-refractivity contribution in [3.63, 3.8) is 0 Å². The summed E-state index contributed by atoms with van der Waals surface area (Å²) in [5.41, 5.74) is 8.89. The first-order chi connectivity index (χ1) is 15.4. The summed E-state index contributed by atoms with van der Waals surface area (Å²) in [5.74, 6) is 0.337. The van der Waals surface area contributed by atoms with E-state index >= 15 is 0 Å². The second kappa shape index (κ2) is 13.5. The second-order valence-electron chi connectivity index (χ2n) is 8.45. The van der Waals surface area contributed by atoms with Crippen molar-refractivity contribution >= 4 is 35.8 Å². The molecule has 0 aromatic heterocycles. The van der Waals surface area contributed by atoms with E-state index in [0.29, 0.717) is 13.1 Å². The highest BCUT2D eigenvalue weighted by molar-refractivity contribution is 14.0. The van der Waals surface area contributed by atoms with Crippen molar-refractivity contribution in [1.29, 1.82) is 0 Å². The molecular formula is C25H35FIN5O. The molecule has 0 radical (unpaired) electrons. The number of carbonyl (C=O) groups is 1. The Bertz CT molecular complexity index is 921. The van der Waals surface area contributed by atoms with Gasteiger partial charge in [0.25, 0.3) is 0 Å². The van der Waals surface area contributed by atoms with Gasteiger partial charge in [-0.05, 0) is 55.1 Å². The number of hydrogen-bond donors (Lipinski definition) is 2. The van der Waals surface area contributed by atoms with Crippen LogP contribution in [0, 0.1) is 11.7 Å². The highest BCUT2D eigenvalue weighted by Gasteiger charge is 2.23. The first-order valence-electron chi connectivity index (χ1n) is 11.3. The van der Waals surface area contributed by atoms with Crippen LogP contribution in [0.1, 0.15) is 36.5 Å². The van der Waals surface area contributed by atoms with Crippen LogP contribution in [0.25, 0.3) is 0 Å². The first kappa shape index (κ1) is 27.0. The Hall–Kier alpha value is -2.20. The molecule has 6 nitrogen and oxygen atoms in total. The first-order valence-corrected chi connectivity index (χ1v) is 11.3. The van der Waals surface area contributed by atoms with Gasteiger partial charge in [0, 0.05) is 33.2 Å². The normalized spacial score (nSPS) is 16.7. The lowest BCUT2D eigenvalue weighted by Gasteiger charge is -2.31. The fraction of sp³-hybridized carbons (Fsp3) is 0.440. The van der Waals surface area contributed by atoms with Crippen molar-refractivity contribution in [2.45, 2.75) is 39.4 Å². The molecule has 1 aliphatic rings. The number of primary amides is 1. The minimum atomic E-state index is -0.230. The van der Waals surface area contributed by atoms with Crippen molar-refractivity contribution < 1.29 is 9.18 Å². The van der Waals surface area contributed by atoms with Crippen LogP contribution in [0.2, 0.25) is 0 Å². The fourth-order valence-corrected chi connectivity index (χ4v) is 4.09. The van der Waals surface area contributed by atoms with Crippen molar-refractivity contribution in [3.8, 4) is 0 Å². The molecule has 1 saturated heterocycles. The van der Waals surface area contributed by atoms with Crippen LogP contribution >= 0.6 is 24.0 Å². The highest BCUT2D eigenvalue weighted by Crippen LogP contribution is 2.19. The van der Waals surface area contributed by atoms with Gasteiger partial charge in [-0.25, -0.2) is 9.38 Å². The monoisotopic (exact) mass is 567 g/mol. The summed E-state index contributed by atoms with van der Waals surface area (Å²) in [6.45, 7) is 6.55. The molecule has 8 heteroatoms. The summed E-state index contributed by atoms with van der Waals surface area (Å²) in [6, 6.07) is 15.0. The molecule has 1 fully saturated rings. The Morgan fingerprint density at radius 1 is 1.21 bits per heavy atom. The molecule has 1 atom stereocenters. The summed E-state index contributed by atoms with van der Waals surface area (Å²) >= 11 is 0. The van der Waals surface area contributed by atoms with Gasteiger partial charge in [0.15, 0.2) is 5.96 Å². The third kappa shape index (κ3) is 8.58. The van der Waals surface area contributed by atoms with E-state index < -0.39 is 0 Å². The molecule has 180 valence electrons. The lowest BCUT2D eigenvalue weighted by molar-refractivity contribution is -0.123. The number of nitrogens with one attached hydrogen (secondary N) is 1. The van der Waals surface area contributed by atoms with Gasteiger partial charge in [-0.1, -0.05) is 36.4 Å². The molecular weight excluding hydrogens is 532 g/mol. The van der Waals surface area contributed by atoms with Gasteiger partial charge in [-0.3, -0.25) is 9.69 Å². The number of nitrogens with two attached hydrogens (primary N) is 1. The van der Waals surface area contributed by atoms with Crippen molar-refractivity contribution in [3.05, 3.63) is 71.0 Å². The third-order valence-corrected chi connectivity index (χ3v) is 5.75. The lowest BCUT2D eigenvalue weighted by atomic mass is 9.97. The Labute approximate surface area is 213 Å². The molecule has 33 heavy (non-hydrogen) atoms. The maximum absolute atomic E-state index is 13.2. The van der Waals surface area contributed by atoms with Crippen LogP contribution in [0.3, 0.4) is 0 Å². The van der Waals surface area contributed by atoms with E-state index in [2.05, 4.69) is 34.5 Å². The quantitative estimate of drug-likeness (QED) is 0.290. The van der Waals surface area contributed by atoms with Crippen molar-refractivity contribution in [2.24, 2.45) is 16.6 Å². The zero-order chi connectivity index (χ0) is 22.9. The number of benzene rings is 2. The fourth-order valence-electron chi connectivity index (χ4n) is 4.09. The van der Waals surface area contributed by atoms with Crippen LogP contribution in [0.4, 0.5) is 4.39 Å². The SMILES string of the molecule is CCNC(=NCc1cccc(CN2CCCC(C(N)=O)C2)c1)N(C)Cc1ccc(F)cc1.I. The number of piperidine rings is 1. The smallest absolute Gasteiger partial charge is 0.221 e. The Morgan fingerprint density at radius 2 is 1.94 bits per heavy atom. The average molecular weight is 567 g/mol. The van der Waals surface area contributed by atoms with Gasteiger partial charge in [-0.15, -0.1) is 24.0 Å². The minimum absolute atomic E-state index is 0. The molecule has 0 spiro atoms. The topological polar surface area (TPSA) is 74.0 Å². The number of halogens is 2. The van der Waals surface area contributed by atoms with E-state index in [1.165, 1.54) is 17.7 Å². The second-order valence-corrected chi connectivity index (χ2v) is 8.45. The highest BCUT2D eigenvalue weighted by atomic mass is 127. The summed E-state index contributed by atoms with van der Waals surface area (Å²) < 4.78 is 13.2. The largest absolute Gasteiger partial charge is 0.369 e. The Kier molecular flexibility index (Phi) is 11.1. The lowest BCUT2D eigenvalue weighted by Crippen LogP contribution is -2.40. The van der Waals surface area contributed by atoms with Crippen LogP contribution in [0.5, 0.6) is 0 Å². The molecule has 0 saturated carbocycles. The number of aliphatic imine (C=N–C) groups is 1. The van der Waals surface area contributed by atoms with Crippen molar-refractivity contribution in [2.75, 3.05) is 26.7 Å². The molecule has 0 aliphatic carbocycles. The molecule has 1 heterocycles. The molecule has 1 amide bonds. The predicted molar refractivity (Wildman–Crippen MR) is 142 cm³/mol. The molecule has 3 rings (SSSR count). The molecule has 1 aliphatic heterocycles. The third-order valence-electron chi connectivity index (χ3n) is 5.75. The number of likely N-dealkylation sites (tertiary alicyclic amines) is 1. The van der Waals surface area contributed by atoms with Crippen LogP contribution in [-0.4, -0.2) is 48.3 Å². The van der Waals surface area contributed by atoms with Crippen LogP contribution in [-0.2, 0) is 24.4 Å². The summed E-state index contributed by atoms with van der Waals surface area (Å²) in [6.07, 6.45) is 1.89. The predicted octanol–water partition coefficient (Wildman–Crippen LogP) is 3.74. The Balaban J connectivity index is 0.00000385. The van der Waals surface area contributed by atoms with E-state index in [0.717, 1.165) is 56.1 Å². The van der Waals surface area contributed by atoms with Gasteiger partial charge in [-0.2, -0.15) is 0 Å². The van der Waals surface area contributed by atoms with Crippen LogP contribution in [0.15, 0.2) is 53.5 Å². The summed E-state index contributed by atoms with van der Waals surface area (Å²) in [7, 11) is 1.98. The number of amides is 1. The maximum Gasteiger partial charge on any atom is 0.221 e. The van der Waals surface area contributed by atoms with Gasteiger partial charge < -0.3 is 16.0 Å². The van der Waals surface area contributed by atoms with Gasteiger partial charge in [0.2, 0.25) is 5.91 Å². The number of guanidine groups is 1. The number of hydrogen-bond acceptors (Lipinski definition) is 3. The van der Waals surface area contributed by atoms with Gasteiger partial charge in [0.1, 0.15) is 5.82 Å². The molecule has 2 aromatic rings. The van der Waals surface area contributed by atoms with E-state index in [-0.39, 0.29) is 41.6 Å². The number of rotatable bonds is 8. The Morgan fingerprint density at radius 3 is 2.64 bits per heavy atom. The summed E-state index contributed by atoms with van der Waals surface area (Å²) in [4.78, 5) is 20.7. The zero-order valence-electron chi connectivity index (χ0n) is 19.5. The molecule has 3 N–H and O–H groups in total. The minimum Gasteiger partial charge on any atom is -0.369 e. The zero-order valence-corrected chi connectivity index (χ0v) is 21.8. The molecule has 2 aromatic carbocycles. The van der Waals surface area contributed by atoms with E-state index in [1.54, 1.807) is 12.1 Å². The molecule has 0 bridgehead atoms. The molecule has 1 unspecified atom stereocenters. The van der Waals surface area contributed by atoms with Crippen molar-refractivity contribution in [1.82, 2.24) is 15.1 Å². The average Bonchev–Trinajstić information content (AvgIpc) is 2.78. The van der Waals surface area contributed by atoms with E-state index in [9.17, 15) is 9.18 Å². The summed E-state index contributed by atoms with van der Waals surface area (Å²) in [5, 5.41) is 3.33. The van der Waals surface area contributed by atoms with E-state index in [4.69, 9.17) is 10.7 Å². The van der Waals surface area contributed by atoms with Gasteiger partial charge in [0.05, 0.1) is 12.5 Å². The number of carbonyl (C=O) groups excluding carboxylic acids is 1. The maximum atomic E-state index is 13.2. The number of nitrogens with zero attached hydrogens (tertiary/aromatic N) is 3. The van der Waals surface area contributed by atoms with Gasteiger partial charge >= 0.3 is 0 Å². The standard InChI is InChI=1S/C25H34FN5O.HI/c1-3-28-25(30(2)16-19-9-11-23(26)12-10-19)29-15-20-6-4-7-21(14-20)17-31-13-5-8-22(18-31)24(27)32;/h4,6-7,9-12,14,22H,3,5,8,13,15-18H2,1-2H3,(H2,27,32)(H,28,29);1H. The van der Waals surface area contributed by atoms with Crippen LogP contribution < -0.4 is 11.1 Å². The van der Waals surface area contributed by atoms with E-state index in [1.807, 2.05) is 18.9 Å².